The maximum atomic E-state index is 5.94. The van der Waals surface area contributed by atoms with Crippen molar-refractivity contribution in [3.8, 4) is 0 Å². The summed E-state index contributed by atoms with van der Waals surface area (Å²) in [7, 11) is 2.00. The summed E-state index contributed by atoms with van der Waals surface area (Å²) in [4.78, 5) is 4.42. The van der Waals surface area contributed by atoms with Gasteiger partial charge in [-0.2, -0.15) is 5.10 Å². The minimum absolute atomic E-state index is 0.0800. The van der Waals surface area contributed by atoms with E-state index in [2.05, 4.69) is 36.2 Å². The van der Waals surface area contributed by atoms with E-state index in [4.69, 9.17) is 4.74 Å². The average Bonchev–Trinajstić information content (AvgIpc) is 2.96. The quantitative estimate of drug-likeness (QED) is 0.850. The van der Waals surface area contributed by atoms with Crippen molar-refractivity contribution in [1.29, 1.82) is 0 Å². The highest BCUT2D eigenvalue weighted by Crippen LogP contribution is 2.30. The van der Waals surface area contributed by atoms with Crippen LogP contribution in [0, 0.1) is 5.92 Å². The number of aromatic nitrogens is 3. The zero-order valence-corrected chi connectivity index (χ0v) is 12.5. The Morgan fingerprint density at radius 3 is 2.89 bits per heavy atom. The molecule has 0 bridgehead atoms. The van der Waals surface area contributed by atoms with Crippen LogP contribution in [0.5, 0.6) is 0 Å². The van der Waals surface area contributed by atoms with Crippen molar-refractivity contribution in [3.05, 3.63) is 12.2 Å². The lowest BCUT2D eigenvalue weighted by Gasteiger charge is -2.33. The van der Waals surface area contributed by atoms with Crippen molar-refractivity contribution in [2.45, 2.75) is 58.2 Å². The van der Waals surface area contributed by atoms with Gasteiger partial charge in [-0.1, -0.05) is 13.8 Å². The number of hydrogen-bond donors (Lipinski definition) is 1. The van der Waals surface area contributed by atoms with E-state index in [-0.39, 0.29) is 11.6 Å². The second kappa shape index (κ2) is 6.01. The van der Waals surface area contributed by atoms with Crippen molar-refractivity contribution in [2.75, 3.05) is 13.7 Å². The van der Waals surface area contributed by atoms with Crippen LogP contribution in [0.4, 0.5) is 0 Å². The Bertz CT molecular complexity index is 396. The number of nitrogens with one attached hydrogen (secondary N) is 1. The second-order valence-electron chi connectivity index (χ2n) is 6.06. The standard InChI is InChI=1S/C14H26N4O/c1-11(2)9-18-13(16-10-17-18)8-12(15-4)14(3)6-5-7-19-14/h10-12,15H,5-9H2,1-4H3. The first-order chi connectivity index (χ1) is 9.05. The van der Waals surface area contributed by atoms with Gasteiger partial charge in [0.25, 0.3) is 0 Å². The van der Waals surface area contributed by atoms with E-state index in [0.717, 1.165) is 38.2 Å². The van der Waals surface area contributed by atoms with E-state index < -0.39 is 0 Å². The van der Waals surface area contributed by atoms with Gasteiger partial charge >= 0.3 is 0 Å². The molecule has 5 nitrogen and oxygen atoms in total. The fraction of sp³-hybridized carbons (Fsp3) is 0.857. The molecule has 0 spiro atoms. The smallest absolute Gasteiger partial charge is 0.138 e. The second-order valence-corrected chi connectivity index (χ2v) is 6.06. The average molecular weight is 266 g/mol. The van der Waals surface area contributed by atoms with Crippen molar-refractivity contribution in [3.63, 3.8) is 0 Å². The molecule has 19 heavy (non-hydrogen) atoms. The van der Waals surface area contributed by atoms with E-state index >= 15 is 0 Å². The Hall–Kier alpha value is -0.940. The molecule has 1 aliphatic rings. The molecule has 5 heteroatoms. The minimum atomic E-state index is -0.0800. The van der Waals surface area contributed by atoms with Crippen LogP contribution in [0.1, 0.15) is 39.4 Å². The summed E-state index contributed by atoms with van der Waals surface area (Å²) in [6.07, 6.45) is 4.77. The third kappa shape index (κ3) is 3.34. The Labute approximate surface area is 115 Å². The predicted molar refractivity (Wildman–Crippen MR) is 75.0 cm³/mol. The molecule has 108 valence electrons. The van der Waals surface area contributed by atoms with Gasteiger partial charge in [0, 0.05) is 25.6 Å². The normalized spacial score (nSPS) is 25.1. The molecule has 0 aromatic carbocycles. The lowest BCUT2D eigenvalue weighted by molar-refractivity contribution is -0.0102. The zero-order chi connectivity index (χ0) is 13.9. The molecule has 2 rings (SSSR count). The molecule has 2 heterocycles. The minimum Gasteiger partial charge on any atom is -0.374 e. The van der Waals surface area contributed by atoms with Crippen molar-refractivity contribution < 1.29 is 4.74 Å². The molecule has 1 N–H and O–H groups in total. The molecule has 1 saturated heterocycles. The van der Waals surface area contributed by atoms with Gasteiger partial charge in [-0.3, -0.25) is 0 Å². The predicted octanol–water partition coefficient (Wildman–Crippen LogP) is 1.63. The number of rotatable bonds is 6. The van der Waals surface area contributed by atoms with Gasteiger partial charge in [-0.05, 0) is 32.7 Å². The van der Waals surface area contributed by atoms with E-state index in [0.29, 0.717) is 5.92 Å². The van der Waals surface area contributed by atoms with Crippen LogP contribution in [-0.2, 0) is 17.7 Å². The van der Waals surface area contributed by atoms with E-state index in [1.807, 2.05) is 11.7 Å². The Morgan fingerprint density at radius 2 is 2.32 bits per heavy atom. The fourth-order valence-corrected chi connectivity index (χ4v) is 2.83. The molecule has 1 aromatic heterocycles. The Morgan fingerprint density at radius 1 is 1.53 bits per heavy atom. The van der Waals surface area contributed by atoms with Crippen LogP contribution in [0.25, 0.3) is 0 Å². The van der Waals surface area contributed by atoms with E-state index in [9.17, 15) is 0 Å². The van der Waals surface area contributed by atoms with Crippen LogP contribution in [0.2, 0.25) is 0 Å². The molecular formula is C14H26N4O. The summed E-state index contributed by atoms with van der Waals surface area (Å²) in [5.74, 6) is 1.62. The summed E-state index contributed by atoms with van der Waals surface area (Å²) in [5, 5.41) is 7.73. The molecule has 0 amide bonds. The topological polar surface area (TPSA) is 52.0 Å². The third-order valence-electron chi connectivity index (χ3n) is 3.96. The number of nitrogens with zero attached hydrogens (tertiary/aromatic N) is 3. The van der Waals surface area contributed by atoms with Gasteiger partial charge < -0.3 is 10.1 Å². The number of likely N-dealkylation sites (N-methyl/N-ethyl adjacent to an activating group) is 1. The molecule has 0 saturated carbocycles. The number of hydrogen-bond acceptors (Lipinski definition) is 4. The molecule has 2 atom stereocenters. The highest BCUT2D eigenvalue weighted by atomic mass is 16.5. The summed E-state index contributed by atoms with van der Waals surface area (Å²) in [6.45, 7) is 8.38. The van der Waals surface area contributed by atoms with Gasteiger partial charge in [0.15, 0.2) is 0 Å². The summed E-state index contributed by atoms with van der Waals surface area (Å²) >= 11 is 0. The highest BCUT2D eigenvalue weighted by molar-refractivity contribution is 4.99. The van der Waals surface area contributed by atoms with Crippen molar-refractivity contribution >= 4 is 0 Å². The monoisotopic (exact) mass is 266 g/mol. The van der Waals surface area contributed by atoms with Gasteiger partial charge in [0.05, 0.1) is 5.60 Å². The van der Waals surface area contributed by atoms with Crippen LogP contribution in [0.15, 0.2) is 6.33 Å². The first-order valence-electron chi connectivity index (χ1n) is 7.23. The molecular weight excluding hydrogens is 240 g/mol. The fourth-order valence-electron chi connectivity index (χ4n) is 2.83. The van der Waals surface area contributed by atoms with E-state index in [1.54, 1.807) is 6.33 Å². The van der Waals surface area contributed by atoms with E-state index in [1.165, 1.54) is 0 Å². The van der Waals surface area contributed by atoms with Gasteiger partial charge in [0.2, 0.25) is 0 Å². The van der Waals surface area contributed by atoms with Crippen LogP contribution >= 0.6 is 0 Å². The first-order valence-corrected chi connectivity index (χ1v) is 7.23. The third-order valence-corrected chi connectivity index (χ3v) is 3.96. The van der Waals surface area contributed by atoms with Crippen molar-refractivity contribution in [2.24, 2.45) is 5.92 Å². The first kappa shape index (κ1) is 14.5. The molecule has 1 aliphatic heterocycles. The molecule has 1 fully saturated rings. The summed E-state index contributed by atoms with van der Waals surface area (Å²) in [6, 6.07) is 0.283. The van der Waals surface area contributed by atoms with Crippen LogP contribution < -0.4 is 5.32 Å². The Kier molecular flexibility index (Phi) is 4.58. The molecule has 2 unspecified atom stereocenters. The lowest BCUT2D eigenvalue weighted by atomic mass is 9.90. The van der Waals surface area contributed by atoms with Gasteiger partial charge in [0.1, 0.15) is 12.2 Å². The highest BCUT2D eigenvalue weighted by Gasteiger charge is 2.38. The zero-order valence-electron chi connectivity index (χ0n) is 12.5. The van der Waals surface area contributed by atoms with Crippen molar-refractivity contribution in [1.82, 2.24) is 20.1 Å². The summed E-state index contributed by atoms with van der Waals surface area (Å²) in [5.41, 5.74) is -0.0800. The Balaban J connectivity index is 2.08. The van der Waals surface area contributed by atoms with Crippen LogP contribution in [0.3, 0.4) is 0 Å². The molecule has 0 aliphatic carbocycles. The maximum Gasteiger partial charge on any atom is 0.138 e. The SMILES string of the molecule is CNC(Cc1ncnn1CC(C)C)C1(C)CCCO1. The number of ether oxygens (including phenoxy) is 1. The largest absolute Gasteiger partial charge is 0.374 e. The molecule has 1 aromatic rings. The summed E-state index contributed by atoms with van der Waals surface area (Å²) < 4.78 is 7.96. The van der Waals surface area contributed by atoms with Gasteiger partial charge in [-0.15, -0.1) is 0 Å². The lowest BCUT2D eigenvalue weighted by Crippen LogP contribution is -2.48. The van der Waals surface area contributed by atoms with Crippen LogP contribution in [-0.4, -0.2) is 40.1 Å². The molecule has 0 radical (unpaired) electrons. The maximum absolute atomic E-state index is 5.94. The van der Waals surface area contributed by atoms with Gasteiger partial charge in [-0.25, -0.2) is 9.67 Å².